The number of carbonyl (C=O) groups excluding carboxylic acids is 2. The van der Waals surface area contributed by atoms with Crippen LogP contribution in [0.1, 0.15) is 27.6 Å². The normalized spacial score (nSPS) is 11.4. The van der Waals surface area contributed by atoms with Crippen molar-refractivity contribution >= 4 is 34.7 Å². The Bertz CT molecular complexity index is 1080. The summed E-state index contributed by atoms with van der Waals surface area (Å²) in [6, 6.07) is 18.5. The SMILES string of the molecule is C[C@@H](Oc1ccc(NC(=O)c2cccc([N+](=O)[O-])c2)cc1)C(=O)c1ccc(Cl)cc1. The molecule has 3 rings (SSSR count). The first-order chi connectivity index (χ1) is 14.3. The minimum Gasteiger partial charge on any atom is -0.483 e. The zero-order valence-electron chi connectivity index (χ0n) is 15.9. The lowest BCUT2D eigenvalue weighted by atomic mass is 10.1. The average Bonchev–Trinajstić information content (AvgIpc) is 2.75. The maximum Gasteiger partial charge on any atom is 0.270 e. The highest BCUT2D eigenvalue weighted by Gasteiger charge is 2.17. The monoisotopic (exact) mass is 424 g/mol. The summed E-state index contributed by atoms with van der Waals surface area (Å²) in [4.78, 5) is 35.0. The van der Waals surface area contributed by atoms with E-state index in [1.54, 1.807) is 55.5 Å². The first kappa shape index (κ1) is 21.0. The van der Waals surface area contributed by atoms with Gasteiger partial charge in [0.1, 0.15) is 5.75 Å². The second-order valence-electron chi connectivity index (χ2n) is 6.42. The second-order valence-corrected chi connectivity index (χ2v) is 6.85. The summed E-state index contributed by atoms with van der Waals surface area (Å²) >= 11 is 5.83. The highest BCUT2D eigenvalue weighted by atomic mass is 35.5. The van der Waals surface area contributed by atoms with Crippen LogP contribution in [0, 0.1) is 10.1 Å². The van der Waals surface area contributed by atoms with Gasteiger partial charge in [-0.05, 0) is 61.5 Å². The van der Waals surface area contributed by atoms with E-state index in [4.69, 9.17) is 16.3 Å². The highest BCUT2D eigenvalue weighted by molar-refractivity contribution is 6.30. The molecule has 152 valence electrons. The number of nitrogens with zero attached hydrogens (tertiary/aromatic N) is 1. The number of carbonyl (C=O) groups is 2. The summed E-state index contributed by atoms with van der Waals surface area (Å²) in [5, 5.41) is 14.0. The zero-order chi connectivity index (χ0) is 21.7. The van der Waals surface area contributed by atoms with Crippen LogP contribution in [-0.2, 0) is 0 Å². The van der Waals surface area contributed by atoms with Gasteiger partial charge in [0.2, 0.25) is 5.78 Å². The number of hydrogen-bond donors (Lipinski definition) is 1. The number of nitro groups is 1. The number of anilines is 1. The van der Waals surface area contributed by atoms with Gasteiger partial charge in [0, 0.05) is 34.0 Å². The summed E-state index contributed by atoms with van der Waals surface area (Å²) in [7, 11) is 0. The van der Waals surface area contributed by atoms with Crippen LogP contribution in [0.2, 0.25) is 5.02 Å². The maximum atomic E-state index is 12.4. The van der Waals surface area contributed by atoms with Crippen molar-refractivity contribution in [3.63, 3.8) is 0 Å². The van der Waals surface area contributed by atoms with Crippen molar-refractivity contribution in [1.29, 1.82) is 0 Å². The Morgan fingerprint density at radius 1 is 1.00 bits per heavy atom. The van der Waals surface area contributed by atoms with Gasteiger partial charge in [0.05, 0.1) is 4.92 Å². The van der Waals surface area contributed by atoms with Crippen molar-refractivity contribution in [2.45, 2.75) is 13.0 Å². The number of rotatable bonds is 7. The summed E-state index contributed by atoms with van der Waals surface area (Å²) in [6.45, 7) is 1.65. The lowest BCUT2D eigenvalue weighted by Gasteiger charge is -2.14. The molecule has 3 aromatic rings. The van der Waals surface area contributed by atoms with Gasteiger partial charge in [-0.25, -0.2) is 0 Å². The molecule has 8 heteroatoms. The molecule has 0 aliphatic heterocycles. The molecule has 0 bridgehead atoms. The molecule has 1 atom stereocenters. The fraction of sp³-hybridized carbons (Fsp3) is 0.0909. The van der Waals surface area contributed by atoms with Crippen molar-refractivity contribution in [3.8, 4) is 5.75 Å². The molecule has 1 amide bonds. The quantitative estimate of drug-likeness (QED) is 0.321. The molecule has 3 aromatic carbocycles. The van der Waals surface area contributed by atoms with Crippen molar-refractivity contribution in [3.05, 3.63) is 99.1 Å². The van der Waals surface area contributed by atoms with Crippen LogP contribution in [0.3, 0.4) is 0 Å². The summed E-state index contributed by atoms with van der Waals surface area (Å²) in [6.07, 6.45) is -0.712. The van der Waals surface area contributed by atoms with Crippen molar-refractivity contribution in [2.24, 2.45) is 0 Å². The predicted molar refractivity (Wildman–Crippen MR) is 113 cm³/mol. The van der Waals surface area contributed by atoms with Crippen LogP contribution < -0.4 is 10.1 Å². The van der Waals surface area contributed by atoms with Crippen LogP contribution in [0.25, 0.3) is 0 Å². The molecule has 1 N–H and O–H groups in total. The number of amides is 1. The highest BCUT2D eigenvalue weighted by Crippen LogP contribution is 2.20. The Morgan fingerprint density at radius 3 is 2.30 bits per heavy atom. The standard InChI is InChI=1S/C22H17ClN2O5/c1-14(21(26)15-5-7-17(23)8-6-15)30-20-11-9-18(10-12-20)24-22(27)16-3-2-4-19(13-16)25(28)29/h2-14H,1H3,(H,24,27)/t14-/m1/s1. The summed E-state index contributed by atoms with van der Waals surface area (Å²) in [5.41, 5.74) is 0.987. The molecule has 0 heterocycles. The zero-order valence-corrected chi connectivity index (χ0v) is 16.6. The number of nitrogens with one attached hydrogen (secondary N) is 1. The third-order valence-corrected chi connectivity index (χ3v) is 4.49. The van der Waals surface area contributed by atoms with E-state index in [1.165, 1.54) is 24.3 Å². The van der Waals surface area contributed by atoms with E-state index < -0.39 is 16.9 Å². The summed E-state index contributed by atoms with van der Waals surface area (Å²) < 4.78 is 5.68. The topological polar surface area (TPSA) is 98.5 Å². The first-order valence-corrected chi connectivity index (χ1v) is 9.33. The minimum atomic E-state index is -0.712. The first-order valence-electron chi connectivity index (χ1n) is 8.96. The number of hydrogen-bond acceptors (Lipinski definition) is 5. The molecule has 0 fully saturated rings. The Kier molecular flexibility index (Phi) is 6.44. The average molecular weight is 425 g/mol. The minimum absolute atomic E-state index is 0.161. The van der Waals surface area contributed by atoms with Gasteiger partial charge in [0.25, 0.3) is 11.6 Å². The van der Waals surface area contributed by atoms with E-state index in [0.717, 1.165) is 0 Å². The van der Waals surface area contributed by atoms with Gasteiger partial charge >= 0.3 is 0 Å². The van der Waals surface area contributed by atoms with Gasteiger partial charge in [-0.15, -0.1) is 0 Å². The van der Waals surface area contributed by atoms with Crippen molar-refractivity contribution < 1.29 is 19.2 Å². The van der Waals surface area contributed by atoms with E-state index in [9.17, 15) is 19.7 Å². The lowest BCUT2D eigenvalue weighted by molar-refractivity contribution is -0.384. The molecule has 30 heavy (non-hydrogen) atoms. The smallest absolute Gasteiger partial charge is 0.270 e. The van der Waals surface area contributed by atoms with Gasteiger partial charge in [-0.2, -0.15) is 0 Å². The fourth-order valence-corrected chi connectivity index (χ4v) is 2.81. The van der Waals surface area contributed by atoms with E-state index in [0.29, 0.717) is 22.0 Å². The van der Waals surface area contributed by atoms with Crippen LogP contribution in [-0.4, -0.2) is 22.7 Å². The van der Waals surface area contributed by atoms with Gasteiger partial charge in [-0.3, -0.25) is 19.7 Å². The third-order valence-electron chi connectivity index (χ3n) is 4.24. The van der Waals surface area contributed by atoms with Gasteiger partial charge in [-0.1, -0.05) is 17.7 Å². The Morgan fingerprint density at radius 2 is 1.67 bits per heavy atom. The van der Waals surface area contributed by atoms with E-state index in [1.807, 2.05) is 0 Å². The van der Waals surface area contributed by atoms with Gasteiger partial charge < -0.3 is 10.1 Å². The van der Waals surface area contributed by atoms with Crippen LogP contribution in [0.15, 0.2) is 72.8 Å². The maximum absolute atomic E-state index is 12.4. The van der Waals surface area contributed by atoms with Crippen LogP contribution >= 0.6 is 11.6 Å². The largest absolute Gasteiger partial charge is 0.483 e. The molecule has 7 nitrogen and oxygen atoms in total. The van der Waals surface area contributed by atoms with E-state index in [-0.39, 0.29) is 17.0 Å². The number of benzene rings is 3. The molecular formula is C22H17ClN2O5. The van der Waals surface area contributed by atoms with E-state index in [2.05, 4.69) is 5.32 Å². The lowest BCUT2D eigenvalue weighted by Crippen LogP contribution is -2.23. The Hall–Kier alpha value is -3.71. The molecule has 0 saturated carbocycles. The molecule has 0 saturated heterocycles. The number of nitro benzene ring substituents is 1. The van der Waals surface area contributed by atoms with Crippen molar-refractivity contribution in [2.75, 3.05) is 5.32 Å². The molecule has 0 aliphatic rings. The number of halogens is 1. The number of Topliss-reactive ketones (excluding diaryl/α,β-unsaturated/α-hetero) is 1. The molecular weight excluding hydrogens is 408 g/mol. The summed E-state index contributed by atoms with van der Waals surface area (Å²) in [5.74, 6) is -0.202. The molecule has 0 unspecified atom stereocenters. The Balaban J connectivity index is 1.62. The van der Waals surface area contributed by atoms with Crippen molar-refractivity contribution in [1.82, 2.24) is 0 Å². The number of non-ortho nitro benzene ring substituents is 1. The molecule has 0 spiro atoms. The van der Waals surface area contributed by atoms with E-state index >= 15 is 0 Å². The predicted octanol–water partition coefficient (Wildman–Crippen LogP) is 5.15. The number of ether oxygens (including phenoxy) is 1. The second kappa shape index (κ2) is 9.19. The fourth-order valence-electron chi connectivity index (χ4n) is 2.69. The number of ketones is 1. The molecule has 0 aliphatic carbocycles. The Labute approximate surface area is 177 Å². The van der Waals surface area contributed by atoms with Crippen LogP contribution in [0.5, 0.6) is 5.75 Å². The van der Waals surface area contributed by atoms with Gasteiger partial charge in [0.15, 0.2) is 6.10 Å². The van der Waals surface area contributed by atoms with Crippen LogP contribution in [0.4, 0.5) is 11.4 Å². The molecule has 0 aromatic heterocycles. The third kappa shape index (κ3) is 5.21. The molecule has 0 radical (unpaired) electrons.